The van der Waals surface area contributed by atoms with Crippen LogP contribution in [0.4, 0.5) is 5.82 Å². The number of amides is 1. The van der Waals surface area contributed by atoms with Crippen molar-refractivity contribution in [3.63, 3.8) is 0 Å². The van der Waals surface area contributed by atoms with Crippen molar-refractivity contribution in [1.82, 2.24) is 9.88 Å². The van der Waals surface area contributed by atoms with Crippen LogP contribution in [0.2, 0.25) is 0 Å². The highest BCUT2D eigenvalue weighted by molar-refractivity contribution is 5.98. The molecule has 1 saturated heterocycles. The van der Waals surface area contributed by atoms with Crippen LogP contribution in [0.3, 0.4) is 0 Å². The quantitative estimate of drug-likeness (QED) is 0.867. The van der Waals surface area contributed by atoms with E-state index in [1.54, 1.807) is 23.2 Å². The van der Waals surface area contributed by atoms with Crippen LogP contribution in [0.1, 0.15) is 37.0 Å². The molecule has 104 valence electrons. The molecule has 1 amide bonds. The van der Waals surface area contributed by atoms with Gasteiger partial charge < -0.3 is 15.3 Å². The number of piperidine rings is 1. The molecule has 0 bridgehead atoms. The number of carbonyl (C=O) groups excluding carboxylic acids is 1. The number of rotatable bonds is 3. The van der Waals surface area contributed by atoms with Gasteiger partial charge in [0.25, 0.3) is 5.91 Å². The second kappa shape index (κ2) is 6.02. The second-order valence-electron chi connectivity index (χ2n) is 5.22. The van der Waals surface area contributed by atoms with Gasteiger partial charge in [0.1, 0.15) is 5.82 Å². The molecule has 0 unspecified atom stereocenters. The predicted octanol–water partition coefficient (Wildman–Crippen LogP) is 1.50. The maximum absolute atomic E-state index is 12.5. The minimum absolute atomic E-state index is 0.0110. The lowest BCUT2D eigenvalue weighted by atomic mass is 10.1. The van der Waals surface area contributed by atoms with Crippen molar-refractivity contribution in [3.05, 3.63) is 23.9 Å². The second-order valence-corrected chi connectivity index (χ2v) is 5.22. The van der Waals surface area contributed by atoms with Crippen molar-refractivity contribution in [3.8, 4) is 0 Å². The highest BCUT2D eigenvalue weighted by Gasteiger charge is 2.24. The Morgan fingerprint density at radius 1 is 1.47 bits per heavy atom. The molecular formula is C14H21N3O2. The normalized spacial score (nSPS) is 16.7. The topological polar surface area (TPSA) is 65.5 Å². The molecule has 0 atom stereocenters. The van der Waals surface area contributed by atoms with Gasteiger partial charge in [-0.05, 0) is 38.8 Å². The number of hydrogen-bond donors (Lipinski definition) is 2. The Morgan fingerprint density at radius 3 is 2.79 bits per heavy atom. The van der Waals surface area contributed by atoms with Gasteiger partial charge in [-0.3, -0.25) is 4.79 Å². The van der Waals surface area contributed by atoms with Crippen molar-refractivity contribution in [2.24, 2.45) is 0 Å². The van der Waals surface area contributed by atoms with Gasteiger partial charge in [-0.1, -0.05) is 0 Å². The van der Waals surface area contributed by atoms with Gasteiger partial charge in [0.15, 0.2) is 0 Å². The minimum Gasteiger partial charge on any atom is -0.393 e. The van der Waals surface area contributed by atoms with E-state index in [1.807, 2.05) is 13.8 Å². The summed E-state index contributed by atoms with van der Waals surface area (Å²) >= 11 is 0. The van der Waals surface area contributed by atoms with Crippen LogP contribution >= 0.6 is 0 Å². The maximum atomic E-state index is 12.5. The number of nitrogens with one attached hydrogen (secondary N) is 1. The first-order valence-corrected chi connectivity index (χ1v) is 6.77. The zero-order chi connectivity index (χ0) is 13.8. The van der Waals surface area contributed by atoms with Gasteiger partial charge in [0, 0.05) is 25.3 Å². The molecule has 1 fully saturated rings. The molecule has 5 nitrogen and oxygen atoms in total. The van der Waals surface area contributed by atoms with Crippen LogP contribution < -0.4 is 5.32 Å². The lowest BCUT2D eigenvalue weighted by Crippen LogP contribution is -2.40. The molecule has 1 aliphatic rings. The van der Waals surface area contributed by atoms with E-state index in [1.165, 1.54) is 0 Å². The molecule has 2 heterocycles. The van der Waals surface area contributed by atoms with E-state index in [4.69, 9.17) is 0 Å². The Labute approximate surface area is 113 Å². The highest BCUT2D eigenvalue weighted by atomic mass is 16.3. The fourth-order valence-electron chi connectivity index (χ4n) is 2.21. The molecule has 1 aromatic rings. The molecule has 1 aromatic heterocycles. The zero-order valence-electron chi connectivity index (χ0n) is 11.5. The molecule has 0 aromatic carbocycles. The van der Waals surface area contributed by atoms with E-state index >= 15 is 0 Å². The van der Waals surface area contributed by atoms with Gasteiger partial charge in [-0.25, -0.2) is 4.98 Å². The third-order valence-corrected chi connectivity index (χ3v) is 3.22. The van der Waals surface area contributed by atoms with Crippen molar-refractivity contribution >= 4 is 11.7 Å². The minimum atomic E-state index is -0.272. The van der Waals surface area contributed by atoms with Crippen LogP contribution in [-0.4, -0.2) is 46.1 Å². The Morgan fingerprint density at radius 2 is 2.16 bits per heavy atom. The number of aromatic nitrogens is 1. The molecule has 2 N–H and O–H groups in total. The number of hydrogen-bond acceptors (Lipinski definition) is 4. The van der Waals surface area contributed by atoms with E-state index in [9.17, 15) is 9.90 Å². The van der Waals surface area contributed by atoms with E-state index in [-0.39, 0.29) is 18.1 Å². The standard InChI is InChI=1S/C14H21N3O2/c1-10(2)16-13-12(4-3-7-15-13)14(19)17-8-5-11(18)6-9-17/h3-4,7,10-11,18H,5-6,8-9H2,1-2H3,(H,15,16). The first kappa shape index (κ1) is 13.8. The molecule has 0 aliphatic carbocycles. The molecule has 5 heteroatoms. The van der Waals surface area contributed by atoms with Crippen LogP contribution in [0.25, 0.3) is 0 Å². The largest absolute Gasteiger partial charge is 0.393 e. The van der Waals surface area contributed by atoms with Crippen molar-refractivity contribution < 1.29 is 9.90 Å². The van der Waals surface area contributed by atoms with E-state index in [0.29, 0.717) is 37.3 Å². The summed E-state index contributed by atoms with van der Waals surface area (Å²) in [7, 11) is 0. The Hall–Kier alpha value is -1.62. The number of aliphatic hydroxyl groups is 1. The molecule has 1 aliphatic heterocycles. The number of pyridine rings is 1. The molecule has 19 heavy (non-hydrogen) atoms. The zero-order valence-corrected chi connectivity index (χ0v) is 11.5. The summed E-state index contributed by atoms with van der Waals surface area (Å²) in [6, 6.07) is 3.80. The smallest absolute Gasteiger partial charge is 0.257 e. The molecule has 2 rings (SSSR count). The predicted molar refractivity (Wildman–Crippen MR) is 74.1 cm³/mol. The summed E-state index contributed by atoms with van der Waals surface area (Å²) in [5.74, 6) is 0.622. The number of likely N-dealkylation sites (tertiary alicyclic amines) is 1. The van der Waals surface area contributed by atoms with Gasteiger partial charge in [-0.15, -0.1) is 0 Å². The van der Waals surface area contributed by atoms with Gasteiger partial charge in [-0.2, -0.15) is 0 Å². The average molecular weight is 263 g/mol. The Bertz CT molecular complexity index is 440. The molecule has 0 saturated carbocycles. The molecular weight excluding hydrogens is 242 g/mol. The van der Waals surface area contributed by atoms with E-state index < -0.39 is 0 Å². The van der Waals surface area contributed by atoms with Crippen LogP contribution in [0, 0.1) is 0 Å². The number of anilines is 1. The highest BCUT2D eigenvalue weighted by Crippen LogP contribution is 2.18. The lowest BCUT2D eigenvalue weighted by molar-refractivity contribution is 0.0547. The summed E-state index contributed by atoms with van der Waals surface area (Å²) in [5, 5.41) is 12.7. The maximum Gasteiger partial charge on any atom is 0.257 e. The number of aliphatic hydroxyl groups excluding tert-OH is 1. The first-order valence-electron chi connectivity index (χ1n) is 6.77. The summed E-state index contributed by atoms with van der Waals surface area (Å²) in [6.07, 6.45) is 2.71. The van der Waals surface area contributed by atoms with Crippen molar-refractivity contribution in [2.45, 2.75) is 38.8 Å². The van der Waals surface area contributed by atoms with Gasteiger partial charge >= 0.3 is 0 Å². The summed E-state index contributed by atoms with van der Waals surface area (Å²) in [6.45, 7) is 5.24. The van der Waals surface area contributed by atoms with Gasteiger partial charge in [0.2, 0.25) is 0 Å². The van der Waals surface area contributed by atoms with Crippen LogP contribution in [-0.2, 0) is 0 Å². The van der Waals surface area contributed by atoms with Gasteiger partial charge in [0.05, 0.1) is 11.7 Å². The summed E-state index contributed by atoms with van der Waals surface area (Å²) < 4.78 is 0. The monoisotopic (exact) mass is 263 g/mol. The third kappa shape index (κ3) is 3.44. The number of carbonyl (C=O) groups is 1. The number of nitrogens with zero attached hydrogens (tertiary/aromatic N) is 2. The van der Waals surface area contributed by atoms with Crippen LogP contribution in [0.5, 0.6) is 0 Å². The van der Waals surface area contributed by atoms with E-state index in [0.717, 1.165) is 0 Å². The fourth-order valence-corrected chi connectivity index (χ4v) is 2.21. The van der Waals surface area contributed by atoms with E-state index in [2.05, 4.69) is 10.3 Å². The first-order chi connectivity index (χ1) is 9.08. The van der Waals surface area contributed by atoms with Crippen LogP contribution in [0.15, 0.2) is 18.3 Å². The average Bonchev–Trinajstić information content (AvgIpc) is 2.39. The van der Waals surface area contributed by atoms with Crippen molar-refractivity contribution in [2.75, 3.05) is 18.4 Å². The summed E-state index contributed by atoms with van der Waals surface area (Å²) in [4.78, 5) is 18.5. The van der Waals surface area contributed by atoms with Crippen molar-refractivity contribution in [1.29, 1.82) is 0 Å². The molecule has 0 radical (unpaired) electrons. The SMILES string of the molecule is CC(C)Nc1ncccc1C(=O)N1CCC(O)CC1. The Kier molecular flexibility index (Phi) is 4.37. The fraction of sp³-hybridized carbons (Fsp3) is 0.571. The Balaban J connectivity index is 2.14. The third-order valence-electron chi connectivity index (χ3n) is 3.22. The summed E-state index contributed by atoms with van der Waals surface area (Å²) in [5.41, 5.74) is 0.604. The lowest BCUT2D eigenvalue weighted by Gasteiger charge is -2.30. The molecule has 0 spiro atoms.